The largest absolute Gasteiger partial charge is 0.445 e. The van der Waals surface area contributed by atoms with Gasteiger partial charge in [-0.05, 0) is 44.7 Å². The average molecular weight is 411 g/mol. The number of amides is 2. The van der Waals surface area contributed by atoms with Gasteiger partial charge in [0.15, 0.2) is 0 Å². The number of nitrogens with one attached hydrogen (secondary N) is 1. The standard InChI is InChI=1S/C24H30N2O4/c1-24(2,3)30-23(28)26-16-10-15-20(21(26)19-13-8-5-9-14-19)25-22(27)29-17-18-11-6-4-7-12-18/h4-9,11-14,20-21H,10,15-17H2,1-3H3,(H,25,27). The van der Waals surface area contributed by atoms with Crippen molar-refractivity contribution in [3.8, 4) is 0 Å². The Bertz CT molecular complexity index is 833. The molecule has 6 heteroatoms. The second-order valence-corrected chi connectivity index (χ2v) is 8.48. The van der Waals surface area contributed by atoms with Crippen LogP contribution in [0, 0.1) is 0 Å². The SMILES string of the molecule is CC(C)(C)OC(=O)N1CCCC(NC(=O)OCc2ccccc2)C1c1ccccc1. The maximum absolute atomic E-state index is 12.9. The van der Waals surface area contributed by atoms with Crippen LogP contribution in [-0.2, 0) is 16.1 Å². The third-order valence-corrected chi connectivity index (χ3v) is 4.92. The van der Waals surface area contributed by atoms with E-state index >= 15 is 0 Å². The molecule has 1 N–H and O–H groups in total. The summed E-state index contributed by atoms with van der Waals surface area (Å²) in [5.74, 6) is 0. The van der Waals surface area contributed by atoms with Gasteiger partial charge in [-0.2, -0.15) is 0 Å². The van der Waals surface area contributed by atoms with E-state index < -0.39 is 11.7 Å². The minimum Gasteiger partial charge on any atom is -0.445 e. The van der Waals surface area contributed by atoms with Gasteiger partial charge < -0.3 is 14.8 Å². The molecule has 2 unspecified atom stereocenters. The van der Waals surface area contributed by atoms with Crippen molar-refractivity contribution < 1.29 is 19.1 Å². The van der Waals surface area contributed by atoms with Crippen LogP contribution in [0.25, 0.3) is 0 Å². The number of hydrogen-bond donors (Lipinski definition) is 1. The summed E-state index contributed by atoms with van der Waals surface area (Å²) in [6.07, 6.45) is 0.655. The highest BCUT2D eigenvalue weighted by molar-refractivity contribution is 5.70. The van der Waals surface area contributed by atoms with E-state index in [2.05, 4.69) is 5.32 Å². The molecule has 2 aromatic rings. The molecule has 1 heterocycles. The van der Waals surface area contributed by atoms with Crippen LogP contribution in [0.1, 0.15) is 50.8 Å². The quantitative estimate of drug-likeness (QED) is 0.766. The van der Waals surface area contributed by atoms with Crippen molar-refractivity contribution in [2.75, 3.05) is 6.54 Å². The Morgan fingerprint density at radius 1 is 1.03 bits per heavy atom. The van der Waals surface area contributed by atoms with E-state index in [0.717, 1.165) is 24.0 Å². The highest BCUT2D eigenvalue weighted by Crippen LogP contribution is 2.32. The van der Waals surface area contributed by atoms with Crippen molar-refractivity contribution in [3.05, 3.63) is 71.8 Å². The summed E-state index contributed by atoms with van der Waals surface area (Å²) in [6.45, 7) is 6.33. The Morgan fingerprint density at radius 3 is 2.30 bits per heavy atom. The smallest absolute Gasteiger partial charge is 0.410 e. The average Bonchev–Trinajstić information content (AvgIpc) is 2.72. The number of likely N-dealkylation sites (tertiary alicyclic amines) is 1. The molecule has 30 heavy (non-hydrogen) atoms. The summed E-state index contributed by atoms with van der Waals surface area (Å²) < 4.78 is 11.0. The summed E-state index contributed by atoms with van der Waals surface area (Å²) in [4.78, 5) is 27.1. The topological polar surface area (TPSA) is 67.9 Å². The van der Waals surface area contributed by atoms with Crippen LogP contribution in [0.3, 0.4) is 0 Å². The predicted molar refractivity (Wildman–Crippen MR) is 115 cm³/mol. The van der Waals surface area contributed by atoms with Gasteiger partial charge in [-0.15, -0.1) is 0 Å². The molecule has 0 bridgehead atoms. The second kappa shape index (κ2) is 9.65. The van der Waals surface area contributed by atoms with E-state index in [0.29, 0.717) is 6.54 Å². The lowest BCUT2D eigenvalue weighted by Crippen LogP contribution is -2.52. The molecule has 160 valence electrons. The zero-order valence-electron chi connectivity index (χ0n) is 17.8. The molecule has 6 nitrogen and oxygen atoms in total. The Morgan fingerprint density at radius 2 is 1.67 bits per heavy atom. The highest BCUT2D eigenvalue weighted by Gasteiger charge is 2.38. The van der Waals surface area contributed by atoms with Gasteiger partial charge in [-0.3, -0.25) is 4.90 Å². The first kappa shape index (κ1) is 21.7. The summed E-state index contributed by atoms with van der Waals surface area (Å²) in [5, 5.41) is 2.97. The van der Waals surface area contributed by atoms with Crippen LogP contribution in [-0.4, -0.2) is 35.3 Å². The maximum Gasteiger partial charge on any atom is 0.410 e. The van der Waals surface area contributed by atoms with Gasteiger partial charge in [-0.1, -0.05) is 60.7 Å². The Hall–Kier alpha value is -3.02. The van der Waals surface area contributed by atoms with Crippen molar-refractivity contribution in [2.45, 2.75) is 57.9 Å². The Kier molecular flexibility index (Phi) is 6.98. The van der Waals surface area contributed by atoms with Gasteiger partial charge in [0.2, 0.25) is 0 Å². The minimum absolute atomic E-state index is 0.200. The summed E-state index contributed by atoms with van der Waals surface area (Å²) in [7, 11) is 0. The number of carbonyl (C=O) groups is 2. The molecular weight excluding hydrogens is 380 g/mol. The number of rotatable bonds is 4. The Balaban J connectivity index is 1.74. The monoisotopic (exact) mass is 410 g/mol. The molecule has 2 atom stereocenters. The minimum atomic E-state index is -0.590. The van der Waals surface area contributed by atoms with Crippen LogP contribution in [0.5, 0.6) is 0 Å². The van der Waals surface area contributed by atoms with E-state index in [4.69, 9.17) is 9.47 Å². The van der Waals surface area contributed by atoms with E-state index in [1.54, 1.807) is 4.90 Å². The van der Waals surface area contributed by atoms with Crippen molar-refractivity contribution >= 4 is 12.2 Å². The van der Waals surface area contributed by atoms with E-state index in [-0.39, 0.29) is 24.8 Å². The first-order chi connectivity index (χ1) is 14.3. The van der Waals surface area contributed by atoms with Gasteiger partial charge >= 0.3 is 12.2 Å². The lowest BCUT2D eigenvalue weighted by atomic mass is 9.90. The van der Waals surface area contributed by atoms with Crippen LogP contribution in [0.15, 0.2) is 60.7 Å². The molecule has 0 radical (unpaired) electrons. The molecule has 0 spiro atoms. The Labute approximate surface area is 178 Å². The fraction of sp³-hybridized carbons (Fsp3) is 0.417. The molecular formula is C24H30N2O4. The molecule has 3 rings (SSSR count). The molecule has 1 saturated heterocycles. The number of carbonyl (C=O) groups excluding carboxylic acids is 2. The summed E-state index contributed by atoms with van der Waals surface area (Å²) >= 11 is 0. The van der Waals surface area contributed by atoms with E-state index in [9.17, 15) is 9.59 Å². The van der Waals surface area contributed by atoms with Crippen molar-refractivity contribution in [1.29, 1.82) is 0 Å². The number of nitrogens with zero attached hydrogens (tertiary/aromatic N) is 1. The van der Waals surface area contributed by atoms with Crippen molar-refractivity contribution in [1.82, 2.24) is 10.2 Å². The number of alkyl carbamates (subject to hydrolysis) is 1. The first-order valence-electron chi connectivity index (χ1n) is 10.4. The first-order valence-corrected chi connectivity index (χ1v) is 10.4. The third-order valence-electron chi connectivity index (χ3n) is 4.92. The van der Waals surface area contributed by atoms with Crippen molar-refractivity contribution in [3.63, 3.8) is 0 Å². The molecule has 1 fully saturated rings. The fourth-order valence-corrected chi connectivity index (χ4v) is 3.65. The number of piperidine rings is 1. The number of ether oxygens (including phenoxy) is 2. The van der Waals surface area contributed by atoms with Crippen LogP contribution in [0.2, 0.25) is 0 Å². The number of benzene rings is 2. The fourth-order valence-electron chi connectivity index (χ4n) is 3.65. The van der Waals surface area contributed by atoms with Gasteiger partial charge in [0.1, 0.15) is 12.2 Å². The van der Waals surface area contributed by atoms with Crippen LogP contribution in [0.4, 0.5) is 9.59 Å². The summed E-state index contributed by atoms with van der Waals surface area (Å²) in [5.41, 5.74) is 1.29. The van der Waals surface area contributed by atoms with Gasteiger partial charge in [0.25, 0.3) is 0 Å². The second-order valence-electron chi connectivity index (χ2n) is 8.48. The van der Waals surface area contributed by atoms with Gasteiger partial charge in [0.05, 0.1) is 12.1 Å². The number of hydrogen-bond acceptors (Lipinski definition) is 4. The summed E-state index contributed by atoms with van der Waals surface area (Å²) in [6, 6.07) is 18.7. The third kappa shape index (κ3) is 5.99. The molecule has 1 aliphatic rings. The lowest BCUT2D eigenvalue weighted by molar-refractivity contribution is 0.00351. The highest BCUT2D eigenvalue weighted by atomic mass is 16.6. The van der Waals surface area contributed by atoms with E-state index in [1.807, 2.05) is 81.4 Å². The zero-order valence-corrected chi connectivity index (χ0v) is 17.8. The predicted octanol–water partition coefficient (Wildman–Crippen LogP) is 5.05. The molecule has 2 amide bonds. The molecule has 0 saturated carbocycles. The normalized spacial score (nSPS) is 19.1. The molecule has 2 aromatic carbocycles. The zero-order chi connectivity index (χ0) is 21.6. The maximum atomic E-state index is 12.9. The van der Waals surface area contributed by atoms with Gasteiger partial charge in [0, 0.05) is 6.54 Å². The van der Waals surface area contributed by atoms with Crippen molar-refractivity contribution in [2.24, 2.45) is 0 Å². The lowest BCUT2D eigenvalue weighted by Gasteiger charge is -2.42. The van der Waals surface area contributed by atoms with E-state index in [1.165, 1.54) is 0 Å². The molecule has 0 aromatic heterocycles. The van der Waals surface area contributed by atoms with Gasteiger partial charge in [-0.25, -0.2) is 9.59 Å². The molecule has 1 aliphatic heterocycles. The van der Waals surface area contributed by atoms with Crippen LogP contribution < -0.4 is 5.32 Å². The van der Waals surface area contributed by atoms with Crippen LogP contribution >= 0.6 is 0 Å². The molecule has 0 aliphatic carbocycles.